The molecule has 0 fully saturated rings. The number of ether oxygens (including phenoxy) is 1. The van der Waals surface area contributed by atoms with Crippen LogP contribution in [-0.4, -0.2) is 34.9 Å². The van der Waals surface area contributed by atoms with Gasteiger partial charge >= 0.3 is 11.1 Å². The summed E-state index contributed by atoms with van der Waals surface area (Å²) >= 11 is 0. The Morgan fingerprint density at radius 2 is 1.95 bits per heavy atom. The molecule has 0 aliphatic carbocycles. The van der Waals surface area contributed by atoms with E-state index in [1.165, 1.54) is 9.13 Å². The summed E-state index contributed by atoms with van der Waals surface area (Å²) in [5, 5.41) is 3.22. The molecule has 1 aromatic heterocycles. The number of aromatic nitrogens is 2. The molecule has 0 aliphatic rings. The Morgan fingerprint density at radius 1 is 1.21 bits per heavy atom. The normalized spacial score (nSPS) is 11.2. The molecule has 0 atom stereocenters. The fourth-order valence-electron chi connectivity index (χ4n) is 1.61. The van der Waals surface area contributed by atoms with Crippen LogP contribution in [0.15, 0.2) is 22.0 Å². The minimum Gasteiger partial charge on any atom is -0.379 e. The molecule has 0 unspecified atom stereocenters. The van der Waals surface area contributed by atoms with Crippen LogP contribution in [0.2, 0.25) is 0 Å². The molecule has 0 bridgehead atoms. The van der Waals surface area contributed by atoms with Crippen molar-refractivity contribution in [3.8, 4) is 0 Å². The van der Waals surface area contributed by atoms with E-state index in [1.807, 2.05) is 13.8 Å². The molecule has 1 heterocycles. The van der Waals surface area contributed by atoms with Gasteiger partial charge in [-0.25, -0.2) is 0 Å². The maximum Gasteiger partial charge on any atom is 0.316 e. The lowest BCUT2D eigenvalue weighted by Crippen LogP contribution is -2.40. The van der Waals surface area contributed by atoms with Gasteiger partial charge in [0, 0.05) is 39.1 Å². The molecule has 0 aliphatic heterocycles. The maximum absolute atomic E-state index is 11.6. The average molecular weight is 269 g/mol. The Hall–Kier alpha value is -1.40. The molecule has 108 valence electrons. The summed E-state index contributed by atoms with van der Waals surface area (Å²) < 4.78 is 8.13. The van der Waals surface area contributed by atoms with Gasteiger partial charge in [0.2, 0.25) is 0 Å². The van der Waals surface area contributed by atoms with Gasteiger partial charge < -0.3 is 19.2 Å². The van der Waals surface area contributed by atoms with Crippen molar-refractivity contribution in [2.24, 2.45) is 7.05 Å². The van der Waals surface area contributed by atoms with Crippen molar-refractivity contribution in [2.45, 2.75) is 32.9 Å². The molecule has 1 aromatic rings. The number of hydrogen-bond acceptors (Lipinski definition) is 4. The first kappa shape index (κ1) is 15.7. The van der Waals surface area contributed by atoms with Crippen molar-refractivity contribution in [2.75, 3.05) is 19.7 Å². The standard InChI is InChI=1S/C13H23N3O3/c1-11(2)19-10-4-5-14-6-7-16-9-8-15(3)12(17)13(16)18/h8-9,11,14H,4-7,10H2,1-3H3. The molecule has 1 N–H and O–H groups in total. The minimum atomic E-state index is -0.493. The van der Waals surface area contributed by atoms with Gasteiger partial charge in [-0.15, -0.1) is 0 Å². The third-order valence-corrected chi connectivity index (χ3v) is 2.71. The Balaban J connectivity index is 2.25. The predicted molar refractivity (Wildman–Crippen MR) is 74.5 cm³/mol. The second-order valence-electron chi connectivity index (χ2n) is 4.74. The van der Waals surface area contributed by atoms with Crippen molar-refractivity contribution in [3.63, 3.8) is 0 Å². The van der Waals surface area contributed by atoms with Crippen LogP contribution in [0.3, 0.4) is 0 Å². The maximum atomic E-state index is 11.6. The van der Waals surface area contributed by atoms with Crippen molar-refractivity contribution >= 4 is 0 Å². The summed E-state index contributed by atoms with van der Waals surface area (Å²) in [4.78, 5) is 23.0. The van der Waals surface area contributed by atoms with E-state index in [2.05, 4.69) is 5.32 Å². The zero-order chi connectivity index (χ0) is 14.3. The summed E-state index contributed by atoms with van der Waals surface area (Å²) in [6.45, 7) is 6.75. The monoisotopic (exact) mass is 269 g/mol. The first-order valence-electron chi connectivity index (χ1n) is 6.60. The number of hydrogen-bond donors (Lipinski definition) is 1. The van der Waals surface area contributed by atoms with Gasteiger partial charge in [0.25, 0.3) is 0 Å². The topological polar surface area (TPSA) is 65.3 Å². The van der Waals surface area contributed by atoms with Gasteiger partial charge in [0.05, 0.1) is 6.10 Å². The van der Waals surface area contributed by atoms with Gasteiger partial charge in [-0.3, -0.25) is 9.59 Å². The van der Waals surface area contributed by atoms with E-state index in [4.69, 9.17) is 4.74 Å². The largest absolute Gasteiger partial charge is 0.379 e. The molecule has 19 heavy (non-hydrogen) atoms. The van der Waals surface area contributed by atoms with Gasteiger partial charge in [-0.2, -0.15) is 0 Å². The number of nitrogens with zero attached hydrogens (tertiary/aromatic N) is 2. The van der Waals surface area contributed by atoms with Crippen LogP contribution in [0.1, 0.15) is 20.3 Å². The predicted octanol–water partition coefficient (Wildman–Crippen LogP) is -0.0483. The lowest BCUT2D eigenvalue weighted by molar-refractivity contribution is 0.0771. The van der Waals surface area contributed by atoms with Crippen LogP contribution >= 0.6 is 0 Å². The third kappa shape index (κ3) is 5.40. The highest BCUT2D eigenvalue weighted by molar-refractivity contribution is 4.84. The van der Waals surface area contributed by atoms with E-state index in [-0.39, 0.29) is 6.10 Å². The molecule has 0 saturated carbocycles. The van der Waals surface area contributed by atoms with E-state index < -0.39 is 11.1 Å². The number of aryl methyl sites for hydroxylation is 1. The van der Waals surface area contributed by atoms with Crippen molar-refractivity contribution in [1.29, 1.82) is 0 Å². The second-order valence-corrected chi connectivity index (χ2v) is 4.74. The van der Waals surface area contributed by atoms with Gasteiger partial charge in [-0.1, -0.05) is 0 Å². The highest BCUT2D eigenvalue weighted by Gasteiger charge is 2.01. The zero-order valence-electron chi connectivity index (χ0n) is 11.9. The van der Waals surface area contributed by atoms with Gasteiger partial charge in [0.15, 0.2) is 0 Å². The number of rotatable bonds is 8. The molecule has 6 heteroatoms. The Bertz CT molecular complexity index is 491. The Morgan fingerprint density at radius 3 is 2.63 bits per heavy atom. The molecule has 0 aromatic carbocycles. The summed E-state index contributed by atoms with van der Waals surface area (Å²) in [6.07, 6.45) is 4.43. The lowest BCUT2D eigenvalue weighted by Gasteiger charge is -2.09. The molecule has 0 amide bonds. The quantitative estimate of drug-likeness (QED) is 0.531. The van der Waals surface area contributed by atoms with E-state index >= 15 is 0 Å². The van der Waals surface area contributed by atoms with E-state index in [0.29, 0.717) is 13.1 Å². The van der Waals surface area contributed by atoms with Crippen molar-refractivity contribution < 1.29 is 4.74 Å². The van der Waals surface area contributed by atoms with E-state index in [0.717, 1.165) is 19.6 Å². The summed E-state index contributed by atoms with van der Waals surface area (Å²) in [5.74, 6) is 0. The van der Waals surface area contributed by atoms with Crippen molar-refractivity contribution in [3.05, 3.63) is 33.1 Å². The molecule has 0 radical (unpaired) electrons. The molecule has 0 spiro atoms. The van der Waals surface area contributed by atoms with Crippen molar-refractivity contribution in [1.82, 2.24) is 14.5 Å². The minimum absolute atomic E-state index is 0.263. The highest BCUT2D eigenvalue weighted by atomic mass is 16.5. The van der Waals surface area contributed by atoms with Crippen LogP contribution in [0.5, 0.6) is 0 Å². The second kappa shape index (κ2) is 7.91. The molecule has 6 nitrogen and oxygen atoms in total. The SMILES string of the molecule is CC(C)OCCCNCCn1ccn(C)c(=O)c1=O. The van der Waals surface area contributed by atoms with Gasteiger partial charge in [0.1, 0.15) is 0 Å². The van der Waals surface area contributed by atoms with E-state index in [1.54, 1.807) is 19.4 Å². The molecule has 0 saturated heterocycles. The van der Waals surface area contributed by atoms with Crippen LogP contribution in [-0.2, 0) is 18.3 Å². The fourth-order valence-corrected chi connectivity index (χ4v) is 1.61. The summed E-state index contributed by atoms with van der Waals surface area (Å²) in [7, 11) is 1.57. The zero-order valence-corrected chi connectivity index (χ0v) is 11.9. The van der Waals surface area contributed by atoms with Crippen LogP contribution in [0.25, 0.3) is 0 Å². The first-order chi connectivity index (χ1) is 9.02. The van der Waals surface area contributed by atoms with Crippen LogP contribution < -0.4 is 16.4 Å². The first-order valence-corrected chi connectivity index (χ1v) is 6.60. The van der Waals surface area contributed by atoms with Crippen LogP contribution in [0, 0.1) is 0 Å². The smallest absolute Gasteiger partial charge is 0.316 e. The molecule has 1 rings (SSSR count). The molecular weight excluding hydrogens is 246 g/mol. The summed E-state index contributed by atoms with van der Waals surface area (Å²) in [6, 6.07) is 0. The number of nitrogens with one attached hydrogen (secondary N) is 1. The third-order valence-electron chi connectivity index (χ3n) is 2.71. The van der Waals surface area contributed by atoms with Gasteiger partial charge in [-0.05, 0) is 26.8 Å². The molecular formula is C13H23N3O3. The average Bonchev–Trinajstić information content (AvgIpc) is 2.37. The lowest BCUT2D eigenvalue weighted by atomic mass is 10.4. The fraction of sp³-hybridized carbons (Fsp3) is 0.692. The van der Waals surface area contributed by atoms with Crippen LogP contribution in [0.4, 0.5) is 0 Å². The Kier molecular flexibility index (Phi) is 6.52. The summed E-state index contributed by atoms with van der Waals surface area (Å²) in [5.41, 5.74) is -0.970. The highest BCUT2D eigenvalue weighted by Crippen LogP contribution is 1.89. The van der Waals surface area contributed by atoms with E-state index in [9.17, 15) is 9.59 Å². The Labute approximate surface area is 113 Å².